The Morgan fingerprint density at radius 2 is 1.84 bits per heavy atom. The molecule has 162 valence electrons. The highest BCUT2D eigenvalue weighted by atomic mass is 19.4. The first kappa shape index (κ1) is 20.3. The predicted molar refractivity (Wildman–Crippen MR) is 112 cm³/mol. The maximum Gasteiger partial charge on any atom is 0.416 e. The van der Waals surface area contributed by atoms with Crippen molar-refractivity contribution in [3.63, 3.8) is 0 Å². The van der Waals surface area contributed by atoms with Gasteiger partial charge in [-0.05, 0) is 30.3 Å². The van der Waals surface area contributed by atoms with Gasteiger partial charge in [-0.3, -0.25) is 4.90 Å². The number of halogens is 3. The second kappa shape index (κ2) is 8.16. The molecule has 3 aromatic heterocycles. The minimum absolute atomic E-state index is 0.496. The molecule has 5 rings (SSSR count). The summed E-state index contributed by atoms with van der Waals surface area (Å²) in [5, 5.41) is 0. The molecule has 0 fully saturated rings. The summed E-state index contributed by atoms with van der Waals surface area (Å²) in [7, 11) is 0. The van der Waals surface area contributed by atoms with Crippen LogP contribution < -0.4 is 0 Å². The molecule has 0 amide bonds. The molecule has 0 N–H and O–H groups in total. The van der Waals surface area contributed by atoms with Gasteiger partial charge in [0, 0.05) is 67.8 Å². The van der Waals surface area contributed by atoms with Crippen LogP contribution in [-0.2, 0) is 25.7 Å². The number of hydrogen-bond acceptors (Lipinski definition) is 5. The smallest absolute Gasteiger partial charge is 0.320 e. The summed E-state index contributed by atoms with van der Waals surface area (Å²) in [6.07, 6.45) is 4.86. The number of rotatable bonds is 4. The quantitative estimate of drug-likeness (QED) is 0.477. The van der Waals surface area contributed by atoms with Gasteiger partial charge in [-0.2, -0.15) is 13.2 Å². The van der Waals surface area contributed by atoms with E-state index in [9.17, 15) is 13.2 Å². The Labute approximate surface area is 182 Å². The van der Waals surface area contributed by atoms with Gasteiger partial charge in [0.1, 0.15) is 6.33 Å². The van der Waals surface area contributed by atoms with E-state index in [1.807, 2.05) is 18.3 Å². The van der Waals surface area contributed by atoms with E-state index in [-0.39, 0.29) is 0 Å². The van der Waals surface area contributed by atoms with Crippen molar-refractivity contribution in [2.45, 2.75) is 25.7 Å². The fraction of sp³-hybridized carbons (Fsp3) is 0.217. The lowest BCUT2D eigenvalue weighted by molar-refractivity contribution is -0.137. The average molecular weight is 436 g/mol. The largest absolute Gasteiger partial charge is 0.416 e. The minimum atomic E-state index is -4.37. The van der Waals surface area contributed by atoms with Crippen LogP contribution in [-0.4, -0.2) is 35.9 Å². The Bertz CT molecular complexity index is 1240. The van der Waals surface area contributed by atoms with Crippen molar-refractivity contribution in [1.82, 2.24) is 29.4 Å². The van der Waals surface area contributed by atoms with E-state index in [2.05, 4.69) is 24.8 Å². The van der Waals surface area contributed by atoms with Gasteiger partial charge < -0.3 is 4.57 Å². The zero-order valence-corrected chi connectivity index (χ0v) is 17.0. The lowest BCUT2D eigenvalue weighted by Crippen LogP contribution is -2.31. The van der Waals surface area contributed by atoms with Gasteiger partial charge in [0.05, 0.1) is 16.8 Å². The molecule has 9 heteroatoms. The SMILES string of the molecule is FC(F)(F)c1cccc(-n2cccc2CN2CCc3nc(-c4cncnc4)ncc3C2)c1. The maximum atomic E-state index is 13.1. The topological polar surface area (TPSA) is 59.7 Å². The van der Waals surface area contributed by atoms with Crippen LogP contribution in [0, 0.1) is 0 Å². The monoisotopic (exact) mass is 436 g/mol. The molecule has 0 bridgehead atoms. The molecule has 32 heavy (non-hydrogen) atoms. The molecule has 0 spiro atoms. The molecule has 4 aromatic rings. The van der Waals surface area contributed by atoms with E-state index in [1.54, 1.807) is 29.2 Å². The number of benzene rings is 1. The summed E-state index contributed by atoms with van der Waals surface area (Å²) in [4.78, 5) is 19.4. The summed E-state index contributed by atoms with van der Waals surface area (Å²) in [6, 6.07) is 9.18. The van der Waals surface area contributed by atoms with Crippen LogP contribution in [0.4, 0.5) is 13.2 Å². The van der Waals surface area contributed by atoms with Gasteiger partial charge in [0.15, 0.2) is 5.82 Å². The first-order valence-corrected chi connectivity index (χ1v) is 10.1. The van der Waals surface area contributed by atoms with E-state index >= 15 is 0 Å². The molecule has 1 aliphatic rings. The minimum Gasteiger partial charge on any atom is -0.320 e. The zero-order valence-electron chi connectivity index (χ0n) is 17.0. The van der Waals surface area contributed by atoms with E-state index < -0.39 is 11.7 Å². The van der Waals surface area contributed by atoms with Crippen molar-refractivity contribution in [3.8, 4) is 17.1 Å². The van der Waals surface area contributed by atoms with Crippen LogP contribution in [0.3, 0.4) is 0 Å². The molecule has 0 saturated heterocycles. The summed E-state index contributed by atoms with van der Waals surface area (Å²) in [5.74, 6) is 0.608. The first-order chi connectivity index (χ1) is 15.5. The van der Waals surface area contributed by atoms with Crippen LogP contribution in [0.25, 0.3) is 17.1 Å². The van der Waals surface area contributed by atoms with Gasteiger partial charge in [-0.15, -0.1) is 0 Å². The fourth-order valence-electron chi connectivity index (χ4n) is 3.92. The Morgan fingerprint density at radius 3 is 2.66 bits per heavy atom. The van der Waals surface area contributed by atoms with Crippen molar-refractivity contribution in [2.75, 3.05) is 6.54 Å². The van der Waals surface area contributed by atoms with Gasteiger partial charge in [0.2, 0.25) is 0 Å². The Morgan fingerprint density at radius 1 is 1.00 bits per heavy atom. The normalized spacial score (nSPS) is 14.3. The van der Waals surface area contributed by atoms with Gasteiger partial charge in [-0.25, -0.2) is 19.9 Å². The summed E-state index contributed by atoms with van der Waals surface area (Å²) in [6.45, 7) is 2.08. The highest BCUT2D eigenvalue weighted by Gasteiger charge is 2.30. The van der Waals surface area contributed by atoms with Crippen molar-refractivity contribution in [2.24, 2.45) is 0 Å². The molecule has 0 radical (unpaired) electrons. The van der Waals surface area contributed by atoms with Crippen LogP contribution in [0.2, 0.25) is 0 Å². The number of nitrogens with zero attached hydrogens (tertiary/aromatic N) is 6. The van der Waals surface area contributed by atoms with Crippen LogP contribution >= 0.6 is 0 Å². The standard InChI is InChI=1S/C23H19F3N6/c24-23(25,26)18-3-1-4-19(9-18)32-7-2-5-20(32)14-31-8-6-21-17(13-31)12-29-22(30-21)16-10-27-15-28-11-16/h1-5,7,9-12,15H,6,8,13-14H2. The summed E-state index contributed by atoms with van der Waals surface area (Å²) in [5.41, 5.74) is 3.59. The summed E-state index contributed by atoms with van der Waals surface area (Å²) < 4.78 is 41.2. The second-order valence-corrected chi connectivity index (χ2v) is 7.67. The zero-order chi connectivity index (χ0) is 22.1. The van der Waals surface area contributed by atoms with E-state index in [0.717, 1.165) is 41.5 Å². The molecule has 0 atom stereocenters. The molecule has 1 aromatic carbocycles. The molecular weight excluding hydrogens is 417 g/mol. The lowest BCUT2D eigenvalue weighted by Gasteiger charge is -2.28. The molecule has 1 aliphatic heterocycles. The number of alkyl halides is 3. The number of aromatic nitrogens is 5. The Balaban J connectivity index is 1.34. The highest BCUT2D eigenvalue weighted by Crippen LogP contribution is 2.31. The lowest BCUT2D eigenvalue weighted by atomic mass is 10.1. The molecule has 0 saturated carbocycles. The van der Waals surface area contributed by atoms with Gasteiger partial charge >= 0.3 is 6.18 Å². The third kappa shape index (κ3) is 4.11. The first-order valence-electron chi connectivity index (χ1n) is 10.1. The molecule has 4 heterocycles. The number of fused-ring (bicyclic) bond motifs is 1. The van der Waals surface area contributed by atoms with Gasteiger partial charge in [0.25, 0.3) is 0 Å². The van der Waals surface area contributed by atoms with Crippen LogP contribution in [0.5, 0.6) is 0 Å². The van der Waals surface area contributed by atoms with Crippen LogP contribution in [0.15, 0.2) is 67.5 Å². The molecular formula is C23H19F3N6. The van der Waals surface area contributed by atoms with Crippen molar-refractivity contribution in [1.29, 1.82) is 0 Å². The maximum absolute atomic E-state index is 13.1. The van der Waals surface area contributed by atoms with E-state index in [1.165, 1.54) is 18.5 Å². The van der Waals surface area contributed by atoms with E-state index in [0.29, 0.717) is 24.6 Å². The Kier molecular flexibility index (Phi) is 5.18. The third-order valence-electron chi connectivity index (χ3n) is 5.50. The van der Waals surface area contributed by atoms with Crippen molar-refractivity contribution >= 4 is 0 Å². The van der Waals surface area contributed by atoms with Crippen molar-refractivity contribution < 1.29 is 13.2 Å². The molecule has 0 unspecified atom stereocenters. The second-order valence-electron chi connectivity index (χ2n) is 7.67. The van der Waals surface area contributed by atoms with Crippen molar-refractivity contribution in [3.05, 3.63) is 90.0 Å². The average Bonchev–Trinajstić information content (AvgIpc) is 3.27. The van der Waals surface area contributed by atoms with E-state index in [4.69, 9.17) is 0 Å². The summed E-state index contributed by atoms with van der Waals surface area (Å²) >= 11 is 0. The Hall–Kier alpha value is -3.59. The highest BCUT2D eigenvalue weighted by molar-refractivity contribution is 5.52. The number of hydrogen-bond donors (Lipinski definition) is 0. The fourth-order valence-corrected chi connectivity index (χ4v) is 3.92. The molecule has 6 nitrogen and oxygen atoms in total. The predicted octanol–water partition coefficient (Wildman–Crippen LogP) is 4.30. The third-order valence-corrected chi connectivity index (χ3v) is 5.50. The van der Waals surface area contributed by atoms with Gasteiger partial charge in [-0.1, -0.05) is 6.07 Å². The van der Waals surface area contributed by atoms with Crippen LogP contribution in [0.1, 0.15) is 22.5 Å². The molecule has 0 aliphatic carbocycles.